The Hall–Kier alpha value is -1.48. The average molecular weight is 415 g/mol. The van der Waals surface area contributed by atoms with E-state index >= 15 is 0 Å². The number of nitrogens with zero attached hydrogens (tertiary/aromatic N) is 3. The second kappa shape index (κ2) is 6.52. The Bertz CT molecular complexity index is 776. The molecule has 0 bridgehead atoms. The van der Waals surface area contributed by atoms with Crippen molar-refractivity contribution >= 4 is 18.0 Å². The predicted molar refractivity (Wildman–Crippen MR) is 98.9 cm³/mol. The molecule has 0 unspecified atom stereocenters. The highest BCUT2D eigenvalue weighted by Gasteiger charge is 2.54. The van der Waals surface area contributed by atoms with E-state index in [0.29, 0.717) is 13.1 Å². The van der Waals surface area contributed by atoms with Gasteiger partial charge in [-0.25, -0.2) is 9.10 Å². The molecule has 1 aromatic heterocycles. The normalized spacial score (nSPS) is 22.0. The summed E-state index contributed by atoms with van der Waals surface area (Å²) in [5.74, 6) is 0.216. The summed E-state index contributed by atoms with van der Waals surface area (Å²) in [6.07, 6.45) is -1.47. The molecule has 3 aliphatic rings. The van der Waals surface area contributed by atoms with Gasteiger partial charge >= 0.3 is 12.3 Å². The minimum atomic E-state index is -4.41. The Labute approximate surface area is 166 Å². The molecule has 9 heteroatoms. The maximum Gasteiger partial charge on any atom is 0.433 e. The number of carbonyl (C=O) groups excluding carboxylic acids is 1. The minimum Gasteiger partial charge on any atom is -0.444 e. The van der Waals surface area contributed by atoms with E-state index in [1.54, 1.807) is 4.90 Å². The first-order valence-corrected chi connectivity index (χ1v) is 10.2. The van der Waals surface area contributed by atoms with Crippen LogP contribution < -0.4 is 0 Å². The molecule has 2 aliphatic heterocycles. The molecule has 0 aromatic carbocycles. The van der Waals surface area contributed by atoms with Crippen LogP contribution in [0.15, 0.2) is 17.2 Å². The lowest BCUT2D eigenvalue weighted by molar-refractivity contribution is -0.141. The Morgan fingerprint density at radius 1 is 1.21 bits per heavy atom. The van der Waals surface area contributed by atoms with E-state index in [1.165, 1.54) is 24.2 Å². The summed E-state index contributed by atoms with van der Waals surface area (Å²) in [4.78, 5) is 18.2. The summed E-state index contributed by atoms with van der Waals surface area (Å²) in [7, 11) is 0. The lowest BCUT2D eigenvalue weighted by Crippen LogP contribution is -2.71. The van der Waals surface area contributed by atoms with Gasteiger partial charge in [-0.15, -0.1) is 0 Å². The van der Waals surface area contributed by atoms with Crippen LogP contribution >= 0.6 is 11.9 Å². The fraction of sp³-hybridized carbons (Fsp3) is 0.684. The fourth-order valence-electron chi connectivity index (χ4n) is 3.73. The maximum absolute atomic E-state index is 13.0. The summed E-state index contributed by atoms with van der Waals surface area (Å²) in [6.45, 7) is 8.48. The molecule has 1 aliphatic carbocycles. The second-order valence-electron chi connectivity index (χ2n) is 9.11. The van der Waals surface area contributed by atoms with Crippen molar-refractivity contribution in [2.24, 2.45) is 5.41 Å². The first-order valence-electron chi connectivity index (χ1n) is 9.42. The van der Waals surface area contributed by atoms with Crippen molar-refractivity contribution in [3.63, 3.8) is 0 Å². The smallest absolute Gasteiger partial charge is 0.433 e. The van der Waals surface area contributed by atoms with Gasteiger partial charge in [0.2, 0.25) is 0 Å². The van der Waals surface area contributed by atoms with E-state index in [9.17, 15) is 18.0 Å². The van der Waals surface area contributed by atoms with Crippen molar-refractivity contribution in [2.75, 3.05) is 26.2 Å². The van der Waals surface area contributed by atoms with Gasteiger partial charge < -0.3 is 9.64 Å². The number of halogens is 3. The first kappa shape index (κ1) is 19.8. The van der Waals surface area contributed by atoms with Gasteiger partial charge in [0.05, 0.1) is 0 Å². The second-order valence-corrected chi connectivity index (χ2v) is 10.2. The molecule has 5 nitrogen and oxygen atoms in total. The van der Waals surface area contributed by atoms with Crippen molar-refractivity contribution in [3.8, 4) is 0 Å². The minimum absolute atomic E-state index is 0.0863. The SMILES string of the molecule is CC(C)(C)OC(=O)N1CC2(CN(Sc3cnc(C(F)(F)F)cc3C3CC3)C2)C1. The van der Waals surface area contributed by atoms with Crippen LogP contribution in [0.2, 0.25) is 0 Å². The lowest BCUT2D eigenvalue weighted by Gasteiger charge is -2.59. The van der Waals surface area contributed by atoms with Gasteiger partial charge in [0.1, 0.15) is 11.3 Å². The number of amides is 1. The van der Waals surface area contributed by atoms with Crippen LogP contribution in [0.25, 0.3) is 0 Å². The number of ether oxygens (including phenoxy) is 1. The largest absolute Gasteiger partial charge is 0.444 e. The summed E-state index contributed by atoms with van der Waals surface area (Å²) in [5.41, 5.74) is -0.470. The van der Waals surface area contributed by atoms with Gasteiger partial charge in [0, 0.05) is 42.7 Å². The average Bonchev–Trinajstić information content (AvgIpc) is 3.29. The zero-order valence-corrected chi connectivity index (χ0v) is 17.0. The fourth-order valence-corrected chi connectivity index (χ4v) is 5.11. The lowest BCUT2D eigenvalue weighted by atomic mass is 9.75. The summed E-state index contributed by atoms with van der Waals surface area (Å²) >= 11 is 1.48. The van der Waals surface area contributed by atoms with E-state index in [4.69, 9.17) is 4.74 Å². The number of alkyl halides is 3. The monoisotopic (exact) mass is 415 g/mol. The molecule has 1 amide bonds. The zero-order valence-electron chi connectivity index (χ0n) is 16.2. The molecular weight excluding hydrogens is 391 g/mol. The van der Waals surface area contributed by atoms with Crippen LogP contribution in [-0.4, -0.2) is 52.1 Å². The third-order valence-electron chi connectivity index (χ3n) is 5.16. The Balaban J connectivity index is 1.33. The summed E-state index contributed by atoms with van der Waals surface area (Å²) < 4.78 is 46.4. The Morgan fingerprint density at radius 3 is 2.39 bits per heavy atom. The van der Waals surface area contributed by atoms with Crippen molar-refractivity contribution in [1.29, 1.82) is 0 Å². The standard InChI is InChI=1S/C19H24F3N3O2S/c1-17(2,3)27-16(26)24-8-18(9-24)10-25(11-18)28-14-7-23-15(19(20,21)22)6-13(14)12-4-5-12/h6-7,12H,4-5,8-11H2,1-3H3. The number of likely N-dealkylation sites (tertiary alicyclic amines) is 1. The van der Waals surface area contributed by atoms with Gasteiger partial charge in [0.15, 0.2) is 0 Å². The topological polar surface area (TPSA) is 45.7 Å². The van der Waals surface area contributed by atoms with Crippen LogP contribution in [0.1, 0.15) is 50.8 Å². The number of pyridine rings is 1. The Morgan fingerprint density at radius 2 is 1.86 bits per heavy atom. The van der Waals surface area contributed by atoms with Crippen LogP contribution in [0.4, 0.5) is 18.0 Å². The van der Waals surface area contributed by atoms with Gasteiger partial charge in [-0.3, -0.25) is 4.98 Å². The first-order chi connectivity index (χ1) is 12.9. The van der Waals surface area contributed by atoms with Crippen molar-refractivity contribution in [3.05, 3.63) is 23.5 Å². The third kappa shape index (κ3) is 4.10. The van der Waals surface area contributed by atoms with E-state index in [-0.39, 0.29) is 17.4 Å². The van der Waals surface area contributed by atoms with Gasteiger partial charge in [-0.05, 0) is 63.1 Å². The zero-order chi connectivity index (χ0) is 20.3. The molecule has 0 radical (unpaired) electrons. The molecule has 1 spiro atoms. The number of rotatable bonds is 3. The van der Waals surface area contributed by atoms with Crippen molar-refractivity contribution < 1.29 is 22.7 Å². The van der Waals surface area contributed by atoms with Crippen LogP contribution in [0.3, 0.4) is 0 Å². The molecule has 0 N–H and O–H groups in total. The number of hydrogen-bond donors (Lipinski definition) is 0. The molecule has 28 heavy (non-hydrogen) atoms. The molecular formula is C19H24F3N3O2S. The van der Waals surface area contributed by atoms with Crippen molar-refractivity contribution in [2.45, 2.75) is 56.2 Å². The highest BCUT2D eigenvalue weighted by Crippen LogP contribution is 2.49. The maximum atomic E-state index is 13.0. The Kier molecular flexibility index (Phi) is 4.61. The van der Waals surface area contributed by atoms with Crippen LogP contribution in [0.5, 0.6) is 0 Å². The van der Waals surface area contributed by atoms with Crippen molar-refractivity contribution in [1.82, 2.24) is 14.2 Å². The highest BCUT2D eigenvalue weighted by atomic mass is 32.2. The summed E-state index contributed by atoms with van der Waals surface area (Å²) in [5, 5.41) is 0. The molecule has 1 saturated carbocycles. The molecule has 1 aromatic rings. The third-order valence-corrected chi connectivity index (χ3v) is 6.21. The van der Waals surface area contributed by atoms with Gasteiger partial charge in [-0.2, -0.15) is 13.2 Å². The predicted octanol–water partition coefficient (Wildman–Crippen LogP) is 4.54. The quantitative estimate of drug-likeness (QED) is 0.679. The van der Waals surface area contributed by atoms with Crippen LogP contribution in [0, 0.1) is 5.41 Å². The molecule has 2 saturated heterocycles. The van der Waals surface area contributed by atoms with Gasteiger partial charge in [-0.1, -0.05) is 0 Å². The van der Waals surface area contributed by atoms with Gasteiger partial charge in [0.25, 0.3) is 0 Å². The number of aromatic nitrogens is 1. The molecule has 3 fully saturated rings. The molecule has 3 heterocycles. The molecule has 4 rings (SSSR count). The van der Waals surface area contributed by atoms with E-state index < -0.39 is 17.5 Å². The van der Waals surface area contributed by atoms with E-state index in [1.807, 2.05) is 20.8 Å². The van der Waals surface area contributed by atoms with E-state index in [2.05, 4.69) is 9.29 Å². The number of hydrogen-bond acceptors (Lipinski definition) is 5. The molecule has 0 atom stereocenters. The summed E-state index contributed by atoms with van der Waals surface area (Å²) in [6, 6.07) is 1.21. The van der Waals surface area contributed by atoms with Crippen LogP contribution in [-0.2, 0) is 10.9 Å². The molecule has 154 valence electrons. The van der Waals surface area contributed by atoms with E-state index in [0.717, 1.165) is 36.4 Å². The number of carbonyl (C=O) groups is 1. The highest BCUT2D eigenvalue weighted by molar-refractivity contribution is 7.97.